The molecule has 3 aromatic rings. The molecule has 0 bridgehead atoms. The van der Waals surface area contributed by atoms with Gasteiger partial charge in [-0.2, -0.15) is 0 Å². The Morgan fingerprint density at radius 3 is 2.23 bits per heavy atom. The summed E-state index contributed by atoms with van der Waals surface area (Å²) < 4.78 is 5.29. The van der Waals surface area contributed by atoms with E-state index in [9.17, 15) is 14.7 Å². The summed E-state index contributed by atoms with van der Waals surface area (Å²) >= 11 is 0. The number of aliphatic hydroxyl groups excluding tert-OH is 1. The predicted molar refractivity (Wildman–Crippen MR) is 120 cm³/mol. The van der Waals surface area contributed by atoms with Crippen LogP contribution in [0.3, 0.4) is 0 Å². The summed E-state index contributed by atoms with van der Waals surface area (Å²) in [5.74, 6) is -0.895. The van der Waals surface area contributed by atoms with Crippen molar-refractivity contribution in [1.82, 2.24) is 0 Å². The Bertz CT molecular complexity index is 1180. The topological polar surface area (TPSA) is 66.8 Å². The van der Waals surface area contributed by atoms with E-state index in [0.29, 0.717) is 17.0 Å². The third-order valence-corrected chi connectivity index (χ3v) is 5.54. The normalized spacial score (nSPS) is 17.8. The van der Waals surface area contributed by atoms with Crippen LogP contribution in [0.25, 0.3) is 5.76 Å². The fourth-order valence-electron chi connectivity index (χ4n) is 3.94. The van der Waals surface area contributed by atoms with Crippen molar-refractivity contribution >= 4 is 23.1 Å². The lowest BCUT2D eigenvalue weighted by molar-refractivity contribution is -0.132. The van der Waals surface area contributed by atoms with Crippen molar-refractivity contribution in [1.29, 1.82) is 0 Å². The van der Waals surface area contributed by atoms with Crippen molar-refractivity contribution in [3.63, 3.8) is 0 Å². The Hall–Kier alpha value is -3.86. The molecule has 156 valence electrons. The van der Waals surface area contributed by atoms with E-state index in [1.807, 2.05) is 68.4 Å². The first kappa shape index (κ1) is 20.4. The third-order valence-electron chi connectivity index (χ3n) is 5.54. The quantitative estimate of drug-likeness (QED) is 0.374. The molecule has 1 aliphatic rings. The lowest BCUT2D eigenvalue weighted by Crippen LogP contribution is -2.29. The average Bonchev–Trinajstić information content (AvgIpc) is 3.05. The molecular formula is C26H23NO4. The Balaban J connectivity index is 1.92. The van der Waals surface area contributed by atoms with Crippen LogP contribution in [0.5, 0.6) is 5.75 Å². The van der Waals surface area contributed by atoms with Crippen LogP contribution in [-0.4, -0.2) is 23.9 Å². The number of amides is 1. The van der Waals surface area contributed by atoms with Crippen molar-refractivity contribution in [2.75, 3.05) is 12.0 Å². The van der Waals surface area contributed by atoms with Gasteiger partial charge in [-0.1, -0.05) is 48.0 Å². The summed E-state index contributed by atoms with van der Waals surface area (Å²) in [4.78, 5) is 27.7. The Kier molecular flexibility index (Phi) is 5.34. The number of hydrogen-bond donors (Lipinski definition) is 1. The van der Waals surface area contributed by atoms with Crippen LogP contribution in [0, 0.1) is 13.8 Å². The second-order valence-electron chi connectivity index (χ2n) is 7.60. The number of methoxy groups -OCH3 is 1. The number of carbonyl (C=O) groups excluding carboxylic acids is 2. The zero-order valence-corrected chi connectivity index (χ0v) is 17.6. The van der Waals surface area contributed by atoms with E-state index in [-0.39, 0.29) is 11.3 Å². The Morgan fingerprint density at radius 2 is 1.61 bits per heavy atom. The second kappa shape index (κ2) is 8.11. The van der Waals surface area contributed by atoms with E-state index in [0.717, 1.165) is 16.7 Å². The molecule has 5 nitrogen and oxygen atoms in total. The van der Waals surface area contributed by atoms with E-state index in [1.165, 1.54) is 4.90 Å². The molecule has 0 aliphatic carbocycles. The van der Waals surface area contributed by atoms with E-state index >= 15 is 0 Å². The zero-order valence-electron chi connectivity index (χ0n) is 17.6. The van der Waals surface area contributed by atoms with Crippen molar-refractivity contribution in [2.24, 2.45) is 0 Å². The maximum atomic E-state index is 13.1. The van der Waals surface area contributed by atoms with Crippen LogP contribution in [0.15, 0.2) is 78.4 Å². The highest BCUT2D eigenvalue weighted by Crippen LogP contribution is 2.42. The molecule has 0 aromatic heterocycles. The van der Waals surface area contributed by atoms with Gasteiger partial charge in [-0.05, 0) is 55.3 Å². The number of anilines is 1. The van der Waals surface area contributed by atoms with Crippen LogP contribution in [-0.2, 0) is 9.59 Å². The number of carbonyl (C=O) groups is 2. The number of hydrogen-bond acceptors (Lipinski definition) is 4. The lowest BCUT2D eigenvalue weighted by atomic mass is 9.94. The van der Waals surface area contributed by atoms with Crippen molar-refractivity contribution in [3.8, 4) is 5.75 Å². The highest BCUT2D eigenvalue weighted by molar-refractivity contribution is 6.51. The van der Waals surface area contributed by atoms with Crippen molar-refractivity contribution in [2.45, 2.75) is 19.9 Å². The molecule has 1 aliphatic heterocycles. The Labute approximate surface area is 181 Å². The maximum absolute atomic E-state index is 13.1. The summed E-state index contributed by atoms with van der Waals surface area (Å²) in [5, 5.41) is 11.2. The van der Waals surface area contributed by atoms with Gasteiger partial charge in [0, 0.05) is 11.3 Å². The number of ether oxygens (including phenoxy) is 1. The first-order valence-electron chi connectivity index (χ1n) is 10.00. The molecule has 4 rings (SSSR count). The number of ketones is 1. The SMILES string of the molecule is COc1ccc(/C(O)=C2/C(=O)C(=O)N(c3ccc(C)cc3)C2c2ccccc2)cc1C. The highest BCUT2D eigenvalue weighted by Gasteiger charge is 2.46. The van der Waals surface area contributed by atoms with Gasteiger partial charge in [-0.15, -0.1) is 0 Å². The molecule has 1 N–H and O–H groups in total. The molecule has 1 heterocycles. The largest absolute Gasteiger partial charge is 0.507 e. The molecule has 1 atom stereocenters. The number of nitrogens with zero attached hydrogens (tertiary/aromatic N) is 1. The number of rotatable bonds is 4. The van der Waals surface area contributed by atoms with Gasteiger partial charge in [-0.25, -0.2) is 0 Å². The van der Waals surface area contributed by atoms with Gasteiger partial charge in [0.25, 0.3) is 11.7 Å². The number of Topliss-reactive ketones (excluding diaryl/α,β-unsaturated/α-hetero) is 1. The Morgan fingerprint density at radius 1 is 0.935 bits per heavy atom. The molecule has 1 amide bonds. The lowest BCUT2D eigenvalue weighted by Gasteiger charge is -2.25. The fraction of sp³-hybridized carbons (Fsp3) is 0.154. The van der Waals surface area contributed by atoms with Gasteiger partial charge in [0.15, 0.2) is 0 Å². The standard InChI is InChI=1S/C26H23NO4/c1-16-9-12-20(13-10-16)27-23(18-7-5-4-6-8-18)22(25(29)26(27)30)24(28)19-11-14-21(31-3)17(2)15-19/h4-15,23,28H,1-3H3/b24-22-. The summed E-state index contributed by atoms with van der Waals surface area (Å²) in [7, 11) is 1.57. The van der Waals surface area contributed by atoms with E-state index in [1.54, 1.807) is 25.3 Å². The number of aliphatic hydroxyl groups is 1. The summed E-state index contributed by atoms with van der Waals surface area (Å²) in [6.45, 7) is 3.81. The summed E-state index contributed by atoms with van der Waals surface area (Å²) in [6, 6.07) is 21.1. The summed E-state index contributed by atoms with van der Waals surface area (Å²) in [5.41, 5.74) is 3.74. The first-order chi connectivity index (χ1) is 14.9. The third kappa shape index (κ3) is 3.59. The van der Waals surface area contributed by atoms with Gasteiger partial charge in [0.1, 0.15) is 11.5 Å². The monoisotopic (exact) mass is 413 g/mol. The molecule has 1 saturated heterocycles. The number of aryl methyl sites for hydroxylation is 2. The summed E-state index contributed by atoms with van der Waals surface area (Å²) in [6.07, 6.45) is 0. The van der Waals surface area contributed by atoms with Crippen LogP contribution in [0.1, 0.15) is 28.3 Å². The highest BCUT2D eigenvalue weighted by atomic mass is 16.5. The molecule has 1 unspecified atom stereocenters. The van der Waals surface area contributed by atoms with E-state index in [2.05, 4.69) is 0 Å². The first-order valence-corrected chi connectivity index (χ1v) is 10.00. The van der Waals surface area contributed by atoms with Gasteiger partial charge in [0.2, 0.25) is 0 Å². The van der Waals surface area contributed by atoms with Crippen LogP contribution < -0.4 is 9.64 Å². The van der Waals surface area contributed by atoms with Gasteiger partial charge in [0.05, 0.1) is 18.7 Å². The maximum Gasteiger partial charge on any atom is 0.300 e. The average molecular weight is 413 g/mol. The van der Waals surface area contributed by atoms with Crippen molar-refractivity contribution in [3.05, 3.63) is 101 Å². The number of benzene rings is 3. The molecule has 0 saturated carbocycles. The minimum Gasteiger partial charge on any atom is -0.507 e. The minimum atomic E-state index is -0.730. The molecule has 0 radical (unpaired) electrons. The van der Waals surface area contributed by atoms with Crippen LogP contribution >= 0.6 is 0 Å². The molecule has 1 fully saturated rings. The molecule has 0 spiro atoms. The zero-order chi connectivity index (χ0) is 22.1. The minimum absolute atomic E-state index is 0.0707. The van der Waals surface area contributed by atoms with Gasteiger partial charge in [-0.3, -0.25) is 14.5 Å². The van der Waals surface area contributed by atoms with E-state index < -0.39 is 17.7 Å². The molecule has 5 heteroatoms. The molecular weight excluding hydrogens is 390 g/mol. The van der Waals surface area contributed by atoms with Crippen LogP contribution in [0.4, 0.5) is 5.69 Å². The smallest absolute Gasteiger partial charge is 0.300 e. The molecule has 31 heavy (non-hydrogen) atoms. The van der Waals surface area contributed by atoms with Gasteiger partial charge < -0.3 is 9.84 Å². The molecule has 3 aromatic carbocycles. The predicted octanol–water partition coefficient (Wildman–Crippen LogP) is 4.94. The van der Waals surface area contributed by atoms with Crippen molar-refractivity contribution < 1.29 is 19.4 Å². The van der Waals surface area contributed by atoms with Gasteiger partial charge >= 0.3 is 0 Å². The second-order valence-corrected chi connectivity index (χ2v) is 7.60. The van der Waals surface area contributed by atoms with Crippen LogP contribution in [0.2, 0.25) is 0 Å². The van der Waals surface area contributed by atoms with E-state index in [4.69, 9.17) is 4.74 Å². The fourth-order valence-corrected chi connectivity index (χ4v) is 3.94.